The molecule has 2 N–H and O–H groups in total. The van der Waals surface area contributed by atoms with Crippen LogP contribution in [0.3, 0.4) is 0 Å². The van der Waals surface area contributed by atoms with E-state index in [1.54, 1.807) is 0 Å². The van der Waals surface area contributed by atoms with E-state index in [0.29, 0.717) is 0 Å². The topological polar surface area (TPSA) is 78.6 Å². The molecule has 0 aliphatic heterocycles. The maximum Gasteiger partial charge on any atom is 0.418 e. The fourth-order valence-corrected chi connectivity index (χ4v) is 1.44. The highest BCUT2D eigenvalue weighted by molar-refractivity contribution is 7.71. The highest BCUT2D eigenvalue weighted by Gasteiger charge is 2.42. The Morgan fingerprint density at radius 1 is 1.00 bits per heavy atom. The first-order chi connectivity index (χ1) is 7.36. The van der Waals surface area contributed by atoms with E-state index in [2.05, 4.69) is 14.8 Å². The molecule has 17 heavy (non-hydrogen) atoms. The molecule has 102 valence electrons. The van der Waals surface area contributed by atoms with Crippen LogP contribution >= 0.6 is 7.60 Å². The van der Waals surface area contributed by atoms with E-state index in [4.69, 9.17) is 0 Å². The first-order valence-corrected chi connectivity index (χ1v) is 5.23. The van der Waals surface area contributed by atoms with Crippen LogP contribution in [-0.4, -0.2) is 31.2 Å². The van der Waals surface area contributed by atoms with Crippen molar-refractivity contribution in [3.63, 3.8) is 0 Å². The maximum atomic E-state index is 11.6. The zero-order valence-corrected chi connectivity index (χ0v) is 8.73. The van der Waals surface area contributed by atoms with Gasteiger partial charge in [-0.25, -0.2) is 4.57 Å². The lowest BCUT2D eigenvalue weighted by Gasteiger charge is -2.17. The summed E-state index contributed by atoms with van der Waals surface area (Å²) in [4.78, 5) is 10.4. The quantitative estimate of drug-likeness (QED) is 0.622. The summed E-state index contributed by atoms with van der Waals surface area (Å²) in [6, 6.07) is 0. The van der Waals surface area contributed by atoms with E-state index < -0.39 is 38.8 Å². The number of alkyl halides is 6. The summed E-state index contributed by atoms with van der Waals surface area (Å²) < 4.78 is 87.9. The number of nitrogens with two attached hydrogens (primary N) is 1. The molecule has 1 amide bonds. The number of hydrogen-bond acceptors (Lipinski definition) is 4. The van der Waals surface area contributed by atoms with E-state index in [0.717, 1.165) is 0 Å². The number of primary amides is 1. The summed E-state index contributed by atoms with van der Waals surface area (Å²) in [6.07, 6.45) is -9.99. The van der Waals surface area contributed by atoms with Gasteiger partial charge in [0.25, 0.3) is 0 Å². The van der Waals surface area contributed by atoms with Crippen molar-refractivity contribution in [2.75, 3.05) is 13.2 Å². The minimum absolute atomic E-state index is 2.04. The van der Waals surface area contributed by atoms with Crippen LogP contribution in [0.25, 0.3) is 0 Å². The van der Waals surface area contributed by atoms with Crippen molar-refractivity contribution in [1.29, 1.82) is 0 Å². The number of rotatable bonds is 5. The van der Waals surface area contributed by atoms with Gasteiger partial charge in [0, 0.05) is 0 Å². The summed E-state index contributed by atoms with van der Waals surface area (Å²) >= 11 is 0. The highest BCUT2D eigenvalue weighted by Crippen LogP contribution is 2.49. The van der Waals surface area contributed by atoms with Gasteiger partial charge in [-0.3, -0.25) is 13.8 Å². The van der Waals surface area contributed by atoms with Crippen molar-refractivity contribution in [2.45, 2.75) is 12.4 Å². The Morgan fingerprint density at radius 3 is 1.47 bits per heavy atom. The van der Waals surface area contributed by atoms with E-state index >= 15 is 0 Å². The second-order valence-corrected chi connectivity index (χ2v) is 4.57. The zero-order valence-electron chi connectivity index (χ0n) is 7.84. The van der Waals surface area contributed by atoms with Gasteiger partial charge >= 0.3 is 25.6 Å². The molecule has 0 bridgehead atoms. The van der Waals surface area contributed by atoms with Crippen LogP contribution in [0.15, 0.2) is 0 Å². The summed E-state index contributed by atoms with van der Waals surface area (Å²) in [7, 11) is -5.29. The third-order valence-corrected chi connectivity index (χ3v) is 2.54. The van der Waals surface area contributed by atoms with Crippen molar-refractivity contribution in [3.8, 4) is 0 Å². The van der Waals surface area contributed by atoms with E-state index in [1.807, 2.05) is 0 Å². The Bertz CT molecular complexity index is 303. The molecular weight excluding hydrogens is 283 g/mol. The second-order valence-electron chi connectivity index (χ2n) is 2.61. The van der Waals surface area contributed by atoms with E-state index in [-0.39, 0.29) is 0 Å². The molecule has 0 fully saturated rings. The Hall–Kier alpha value is -0.800. The molecule has 0 spiro atoms. The maximum absolute atomic E-state index is 11.6. The van der Waals surface area contributed by atoms with Gasteiger partial charge in [0.2, 0.25) is 0 Å². The smallest absolute Gasteiger partial charge is 0.359 e. The van der Waals surface area contributed by atoms with Crippen molar-refractivity contribution in [1.82, 2.24) is 0 Å². The summed E-state index contributed by atoms with van der Waals surface area (Å²) in [5, 5.41) is 0. The molecule has 0 aromatic carbocycles. The van der Waals surface area contributed by atoms with Gasteiger partial charge < -0.3 is 5.73 Å². The molecule has 5 nitrogen and oxygen atoms in total. The minimum Gasteiger partial charge on any atom is -0.359 e. The molecule has 0 saturated carbocycles. The molecule has 0 heterocycles. The Balaban J connectivity index is 4.60. The predicted molar refractivity (Wildman–Crippen MR) is 41.2 cm³/mol. The van der Waals surface area contributed by atoms with Gasteiger partial charge in [0.05, 0.1) is 0 Å². The molecule has 0 aliphatic carbocycles. The van der Waals surface area contributed by atoms with Crippen LogP contribution in [0.1, 0.15) is 0 Å². The minimum atomic E-state index is -5.29. The number of carbonyl (C=O) groups is 1. The molecular formula is C5H6F6NO4P. The summed E-state index contributed by atoms with van der Waals surface area (Å²) in [6.45, 7) is -4.43. The number of carbonyl (C=O) groups excluding carboxylic acids is 1. The number of amides is 1. The third-order valence-electron chi connectivity index (χ3n) is 1.07. The molecule has 0 aromatic heterocycles. The van der Waals surface area contributed by atoms with Gasteiger partial charge in [0.15, 0.2) is 13.2 Å². The van der Waals surface area contributed by atoms with Crippen LogP contribution in [0.2, 0.25) is 0 Å². The Kier molecular flexibility index (Phi) is 4.99. The predicted octanol–water partition coefficient (Wildman–Crippen LogP) is 2.42. The van der Waals surface area contributed by atoms with Gasteiger partial charge in [0.1, 0.15) is 0 Å². The van der Waals surface area contributed by atoms with Gasteiger partial charge in [-0.15, -0.1) is 0 Å². The zero-order chi connectivity index (χ0) is 13.9. The van der Waals surface area contributed by atoms with Crippen LogP contribution in [0.5, 0.6) is 0 Å². The molecule has 0 atom stereocenters. The third kappa shape index (κ3) is 7.18. The fourth-order valence-electron chi connectivity index (χ4n) is 0.481. The lowest BCUT2D eigenvalue weighted by atomic mass is 10.7. The van der Waals surface area contributed by atoms with Crippen LogP contribution in [0, 0.1) is 0 Å². The van der Waals surface area contributed by atoms with Gasteiger partial charge in [-0.05, 0) is 0 Å². The monoisotopic (exact) mass is 289 g/mol. The van der Waals surface area contributed by atoms with Crippen molar-refractivity contribution in [3.05, 3.63) is 0 Å². The van der Waals surface area contributed by atoms with Gasteiger partial charge in [-0.1, -0.05) is 0 Å². The number of halogens is 6. The van der Waals surface area contributed by atoms with Crippen LogP contribution in [-0.2, 0) is 13.6 Å². The second kappa shape index (κ2) is 5.23. The molecule has 0 saturated heterocycles. The molecule has 0 aliphatic rings. The van der Waals surface area contributed by atoms with Crippen molar-refractivity contribution >= 4 is 13.2 Å². The first kappa shape index (κ1) is 16.2. The molecule has 0 radical (unpaired) electrons. The average molecular weight is 289 g/mol. The first-order valence-electron chi connectivity index (χ1n) is 3.68. The van der Waals surface area contributed by atoms with Gasteiger partial charge in [-0.2, -0.15) is 26.3 Å². The average Bonchev–Trinajstić information content (AvgIpc) is 2.09. The molecule has 0 aromatic rings. The lowest BCUT2D eigenvalue weighted by molar-refractivity contribution is -0.164. The molecule has 0 rings (SSSR count). The van der Waals surface area contributed by atoms with Crippen LogP contribution in [0.4, 0.5) is 31.1 Å². The molecule has 0 unspecified atom stereocenters. The van der Waals surface area contributed by atoms with E-state index in [1.165, 1.54) is 0 Å². The van der Waals surface area contributed by atoms with Crippen LogP contribution < -0.4 is 5.73 Å². The largest absolute Gasteiger partial charge is 0.418 e. The SMILES string of the molecule is NC(=O)P(=O)(OCC(F)(F)F)OCC(F)(F)F. The van der Waals surface area contributed by atoms with Crippen molar-refractivity contribution < 1.29 is 44.7 Å². The lowest BCUT2D eigenvalue weighted by Crippen LogP contribution is -2.24. The molecule has 12 heteroatoms. The fraction of sp³-hybridized carbons (Fsp3) is 0.800. The highest BCUT2D eigenvalue weighted by atomic mass is 31.2. The van der Waals surface area contributed by atoms with Crippen molar-refractivity contribution in [2.24, 2.45) is 5.73 Å². The number of hydrogen-bond donors (Lipinski definition) is 1. The Morgan fingerprint density at radius 2 is 1.29 bits per heavy atom. The summed E-state index contributed by atoms with van der Waals surface area (Å²) in [5.41, 5.74) is 2.31. The normalized spacial score (nSPS) is 13.8. The standard InChI is InChI=1S/C5H6F6NO4P/c6-4(7,8)1-15-17(14,3(12)13)16-2-5(9,10)11/h1-2H2,(H2,12,13). The Labute approximate surface area is 90.4 Å². The van der Waals surface area contributed by atoms with E-state index in [9.17, 15) is 35.7 Å². The summed E-state index contributed by atoms with van der Waals surface area (Å²) in [5.74, 6) is 0.